The Morgan fingerprint density at radius 2 is 2.10 bits per heavy atom. The number of aromatic nitrogens is 2. The van der Waals surface area contributed by atoms with E-state index < -0.39 is 0 Å². The number of hydrogen-bond donors (Lipinski definition) is 1. The first-order valence-corrected chi connectivity index (χ1v) is 3.80. The fourth-order valence-corrected chi connectivity index (χ4v) is 1.53. The Bertz CT molecular complexity index is 226. The molecular weight excluding hydrogens is 124 g/mol. The zero-order chi connectivity index (χ0) is 7.14. The van der Waals surface area contributed by atoms with E-state index in [4.69, 9.17) is 0 Å². The highest BCUT2D eigenvalue weighted by Crippen LogP contribution is 2.42. The molecule has 1 saturated carbocycles. The van der Waals surface area contributed by atoms with Gasteiger partial charge in [-0.25, -0.2) is 0 Å². The SMILES string of the molecule is Cc1n[nH]c(C)c1C1CC1. The minimum atomic E-state index is 0.832. The molecule has 0 radical (unpaired) electrons. The number of rotatable bonds is 1. The number of nitrogens with zero attached hydrogens (tertiary/aromatic N) is 1. The lowest BCUT2D eigenvalue weighted by molar-refractivity contribution is 1.02. The highest BCUT2D eigenvalue weighted by Gasteiger charge is 2.27. The molecule has 0 amide bonds. The van der Waals surface area contributed by atoms with Crippen LogP contribution in [0.4, 0.5) is 0 Å². The van der Waals surface area contributed by atoms with E-state index in [1.807, 2.05) is 0 Å². The molecule has 1 fully saturated rings. The fourth-order valence-electron chi connectivity index (χ4n) is 1.53. The van der Waals surface area contributed by atoms with E-state index >= 15 is 0 Å². The Labute approximate surface area is 60.6 Å². The fraction of sp³-hybridized carbons (Fsp3) is 0.625. The van der Waals surface area contributed by atoms with Crippen molar-refractivity contribution in [3.8, 4) is 0 Å². The number of nitrogens with one attached hydrogen (secondary N) is 1. The lowest BCUT2D eigenvalue weighted by Gasteiger charge is -1.93. The van der Waals surface area contributed by atoms with Crippen molar-refractivity contribution in [2.75, 3.05) is 0 Å². The molecule has 0 aliphatic heterocycles. The quantitative estimate of drug-likeness (QED) is 0.627. The molecule has 2 rings (SSSR count). The Balaban J connectivity index is 2.44. The van der Waals surface area contributed by atoms with Gasteiger partial charge in [0, 0.05) is 5.69 Å². The van der Waals surface area contributed by atoms with E-state index in [0.29, 0.717) is 0 Å². The van der Waals surface area contributed by atoms with E-state index in [1.54, 1.807) is 0 Å². The van der Waals surface area contributed by atoms with Crippen LogP contribution in [-0.2, 0) is 0 Å². The van der Waals surface area contributed by atoms with Gasteiger partial charge in [-0.3, -0.25) is 5.10 Å². The van der Waals surface area contributed by atoms with Crippen molar-refractivity contribution in [2.45, 2.75) is 32.6 Å². The van der Waals surface area contributed by atoms with Crippen molar-refractivity contribution < 1.29 is 0 Å². The van der Waals surface area contributed by atoms with Gasteiger partial charge in [0.15, 0.2) is 0 Å². The van der Waals surface area contributed by atoms with E-state index in [2.05, 4.69) is 24.0 Å². The van der Waals surface area contributed by atoms with Gasteiger partial charge in [-0.05, 0) is 38.2 Å². The van der Waals surface area contributed by atoms with Gasteiger partial charge in [0.25, 0.3) is 0 Å². The summed E-state index contributed by atoms with van der Waals surface area (Å²) in [5.74, 6) is 0.832. The van der Waals surface area contributed by atoms with Gasteiger partial charge < -0.3 is 0 Å². The lowest BCUT2D eigenvalue weighted by atomic mass is 10.1. The maximum Gasteiger partial charge on any atom is 0.0628 e. The van der Waals surface area contributed by atoms with Crippen LogP contribution in [0.3, 0.4) is 0 Å². The lowest BCUT2D eigenvalue weighted by Crippen LogP contribution is -1.82. The molecule has 10 heavy (non-hydrogen) atoms. The average molecular weight is 136 g/mol. The molecule has 0 aromatic carbocycles. The van der Waals surface area contributed by atoms with Crippen molar-refractivity contribution in [3.05, 3.63) is 17.0 Å². The van der Waals surface area contributed by atoms with Gasteiger partial charge in [-0.2, -0.15) is 5.10 Å². The van der Waals surface area contributed by atoms with Crippen LogP contribution in [0.25, 0.3) is 0 Å². The predicted octanol–water partition coefficient (Wildman–Crippen LogP) is 1.90. The molecule has 0 saturated heterocycles. The molecule has 0 spiro atoms. The highest BCUT2D eigenvalue weighted by atomic mass is 15.1. The number of hydrogen-bond acceptors (Lipinski definition) is 1. The summed E-state index contributed by atoms with van der Waals surface area (Å²) in [6.45, 7) is 4.19. The van der Waals surface area contributed by atoms with Crippen LogP contribution in [0.15, 0.2) is 0 Å². The monoisotopic (exact) mass is 136 g/mol. The van der Waals surface area contributed by atoms with E-state index in [9.17, 15) is 0 Å². The summed E-state index contributed by atoms with van der Waals surface area (Å²) in [6, 6.07) is 0. The molecule has 0 unspecified atom stereocenters. The summed E-state index contributed by atoms with van der Waals surface area (Å²) in [6.07, 6.45) is 2.72. The average Bonchev–Trinajstić information content (AvgIpc) is 2.64. The second-order valence-corrected chi connectivity index (χ2v) is 3.12. The summed E-state index contributed by atoms with van der Waals surface area (Å²) < 4.78 is 0. The maximum atomic E-state index is 4.15. The first-order chi connectivity index (χ1) is 4.79. The van der Waals surface area contributed by atoms with Crippen LogP contribution >= 0.6 is 0 Å². The molecule has 1 aliphatic rings. The molecular formula is C8H12N2. The Morgan fingerprint density at radius 3 is 2.50 bits per heavy atom. The second-order valence-electron chi connectivity index (χ2n) is 3.12. The number of aryl methyl sites for hydroxylation is 2. The normalized spacial score (nSPS) is 17.8. The van der Waals surface area contributed by atoms with Gasteiger partial charge in [-0.15, -0.1) is 0 Å². The third-order valence-corrected chi connectivity index (χ3v) is 2.17. The van der Waals surface area contributed by atoms with Crippen molar-refractivity contribution in [3.63, 3.8) is 0 Å². The van der Waals surface area contributed by atoms with Crippen LogP contribution in [0, 0.1) is 13.8 Å². The standard InChI is InChI=1S/C8H12N2/c1-5-8(7-3-4-7)6(2)10-9-5/h7H,3-4H2,1-2H3,(H,9,10). The van der Waals surface area contributed by atoms with Gasteiger partial charge in [0.2, 0.25) is 0 Å². The molecule has 1 aliphatic carbocycles. The summed E-state index contributed by atoms with van der Waals surface area (Å²) in [7, 11) is 0. The van der Waals surface area contributed by atoms with Gasteiger partial charge in [-0.1, -0.05) is 0 Å². The molecule has 1 aromatic rings. The van der Waals surface area contributed by atoms with Crippen LogP contribution in [0.2, 0.25) is 0 Å². The number of aromatic amines is 1. The zero-order valence-corrected chi connectivity index (χ0v) is 6.44. The summed E-state index contributed by atoms with van der Waals surface area (Å²) in [4.78, 5) is 0. The molecule has 54 valence electrons. The zero-order valence-electron chi connectivity index (χ0n) is 6.44. The van der Waals surface area contributed by atoms with Gasteiger partial charge in [0.1, 0.15) is 0 Å². The van der Waals surface area contributed by atoms with E-state index in [0.717, 1.165) is 5.92 Å². The van der Waals surface area contributed by atoms with E-state index in [1.165, 1.54) is 29.8 Å². The molecule has 2 heteroatoms. The van der Waals surface area contributed by atoms with E-state index in [-0.39, 0.29) is 0 Å². The Hall–Kier alpha value is -0.790. The maximum absolute atomic E-state index is 4.15. The first kappa shape index (κ1) is 5.96. The minimum Gasteiger partial charge on any atom is -0.282 e. The molecule has 2 nitrogen and oxygen atoms in total. The predicted molar refractivity (Wildman–Crippen MR) is 40.0 cm³/mol. The van der Waals surface area contributed by atoms with Crippen LogP contribution in [0.1, 0.15) is 35.7 Å². The van der Waals surface area contributed by atoms with Crippen molar-refractivity contribution in [1.29, 1.82) is 0 Å². The summed E-state index contributed by atoms with van der Waals surface area (Å²) in [5, 5.41) is 7.16. The van der Waals surface area contributed by atoms with Crippen LogP contribution in [-0.4, -0.2) is 10.2 Å². The third kappa shape index (κ3) is 0.753. The van der Waals surface area contributed by atoms with Crippen molar-refractivity contribution >= 4 is 0 Å². The smallest absolute Gasteiger partial charge is 0.0628 e. The highest BCUT2D eigenvalue weighted by molar-refractivity contribution is 5.30. The van der Waals surface area contributed by atoms with Crippen molar-refractivity contribution in [1.82, 2.24) is 10.2 Å². The first-order valence-electron chi connectivity index (χ1n) is 3.80. The summed E-state index contributed by atoms with van der Waals surface area (Å²) >= 11 is 0. The van der Waals surface area contributed by atoms with Gasteiger partial charge >= 0.3 is 0 Å². The summed E-state index contributed by atoms with van der Waals surface area (Å²) in [5.41, 5.74) is 3.93. The minimum absolute atomic E-state index is 0.832. The molecule has 1 heterocycles. The molecule has 1 N–H and O–H groups in total. The Kier molecular flexibility index (Phi) is 1.10. The van der Waals surface area contributed by atoms with Crippen molar-refractivity contribution in [2.24, 2.45) is 0 Å². The topological polar surface area (TPSA) is 28.7 Å². The molecule has 0 bridgehead atoms. The van der Waals surface area contributed by atoms with Crippen LogP contribution < -0.4 is 0 Å². The second kappa shape index (κ2) is 1.84. The number of H-pyrrole nitrogens is 1. The largest absolute Gasteiger partial charge is 0.282 e. The van der Waals surface area contributed by atoms with Gasteiger partial charge in [0.05, 0.1) is 5.69 Å². The third-order valence-electron chi connectivity index (χ3n) is 2.17. The van der Waals surface area contributed by atoms with Crippen LogP contribution in [0.5, 0.6) is 0 Å². The Morgan fingerprint density at radius 1 is 1.40 bits per heavy atom. The molecule has 1 aromatic heterocycles. The molecule has 0 atom stereocenters.